The number of carbonyl (C=O) groups is 1. The van der Waals surface area contributed by atoms with Crippen molar-refractivity contribution < 1.29 is 9.90 Å². The molecule has 4 nitrogen and oxygen atoms in total. The maximum atomic E-state index is 12.2. The zero-order valence-corrected chi connectivity index (χ0v) is 13.8. The van der Waals surface area contributed by atoms with E-state index in [1.165, 1.54) is 0 Å². The van der Waals surface area contributed by atoms with Gasteiger partial charge in [-0.1, -0.05) is 20.8 Å². The summed E-state index contributed by atoms with van der Waals surface area (Å²) < 4.78 is 0. The van der Waals surface area contributed by atoms with Crippen molar-refractivity contribution in [2.24, 2.45) is 5.92 Å². The molecule has 1 atom stereocenters. The van der Waals surface area contributed by atoms with E-state index in [0.717, 1.165) is 29.3 Å². The predicted octanol–water partition coefficient (Wildman–Crippen LogP) is 2.68. The van der Waals surface area contributed by atoms with Gasteiger partial charge < -0.3 is 10.0 Å². The van der Waals surface area contributed by atoms with Crippen LogP contribution in [-0.2, 0) is 10.2 Å². The van der Waals surface area contributed by atoms with Gasteiger partial charge in [0.2, 0.25) is 5.91 Å². The van der Waals surface area contributed by atoms with E-state index in [2.05, 4.69) is 25.8 Å². The summed E-state index contributed by atoms with van der Waals surface area (Å²) in [5.41, 5.74) is 0.0436. The van der Waals surface area contributed by atoms with Gasteiger partial charge in [0.1, 0.15) is 0 Å². The van der Waals surface area contributed by atoms with Crippen molar-refractivity contribution in [1.29, 1.82) is 0 Å². The molecule has 1 saturated heterocycles. The number of thiazole rings is 1. The Morgan fingerprint density at radius 1 is 1.57 bits per heavy atom. The van der Waals surface area contributed by atoms with E-state index < -0.39 is 0 Å². The van der Waals surface area contributed by atoms with Crippen LogP contribution in [0.2, 0.25) is 0 Å². The molecule has 1 aliphatic rings. The second-order valence-electron chi connectivity index (χ2n) is 6.63. The summed E-state index contributed by atoms with van der Waals surface area (Å²) in [7, 11) is 0. The first-order chi connectivity index (χ1) is 9.90. The molecule has 0 saturated carbocycles. The predicted molar refractivity (Wildman–Crippen MR) is 86.2 cm³/mol. The zero-order chi connectivity index (χ0) is 15.5. The first kappa shape index (κ1) is 16.2. The van der Waals surface area contributed by atoms with Crippen molar-refractivity contribution in [2.45, 2.75) is 39.0 Å². The first-order valence-electron chi connectivity index (χ1n) is 7.44. The molecule has 1 aromatic heterocycles. The number of nitrogens with zero attached hydrogens (tertiary/aromatic N) is 2. The van der Waals surface area contributed by atoms with Crippen LogP contribution >= 0.6 is 11.3 Å². The molecular formula is C16H24N2O2S. The van der Waals surface area contributed by atoms with Gasteiger partial charge in [-0.05, 0) is 24.8 Å². The standard InChI is InChI=1S/C16H24N2O2S/c1-16(2,3)15-17-9-13(21-15)6-7-14(20)18-8-4-5-12(10-18)11-19/h6-7,9,12,19H,4-5,8,10-11H2,1-3H3/b7-6+. The molecule has 1 N–H and O–H groups in total. The lowest BCUT2D eigenvalue weighted by molar-refractivity contribution is -0.127. The number of amides is 1. The molecule has 21 heavy (non-hydrogen) atoms. The maximum Gasteiger partial charge on any atom is 0.246 e. The van der Waals surface area contributed by atoms with Crippen LogP contribution in [0.4, 0.5) is 0 Å². The molecule has 2 rings (SSSR count). The van der Waals surface area contributed by atoms with Crippen molar-refractivity contribution >= 4 is 23.3 Å². The molecule has 116 valence electrons. The SMILES string of the molecule is CC(C)(C)c1ncc(/C=C/C(=O)N2CCCC(CO)C2)s1. The van der Waals surface area contributed by atoms with Crippen LogP contribution in [0.25, 0.3) is 6.08 Å². The molecule has 1 unspecified atom stereocenters. The largest absolute Gasteiger partial charge is 0.396 e. The van der Waals surface area contributed by atoms with E-state index in [1.54, 1.807) is 17.4 Å². The third-order valence-corrected chi connectivity index (χ3v) is 5.03. The minimum absolute atomic E-state index is 0.0267. The Labute approximate surface area is 130 Å². The van der Waals surface area contributed by atoms with Gasteiger partial charge in [-0.15, -0.1) is 11.3 Å². The Hall–Kier alpha value is -1.20. The summed E-state index contributed by atoms with van der Waals surface area (Å²) in [4.78, 5) is 19.4. The molecule has 0 aromatic carbocycles. The van der Waals surface area contributed by atoms with Crippen molar-refractivity contribution in [2.75, 3.05) is 19.7 Å². The number of aliphatic hydroxyl groups excluding tert-OH is 1. The normalized spacial score (nSPS) is 20.2. The van der Waals surface area contributed by atoms with E-state index in [4.69, 9.17) is 0 Å². The Bertz CT molecular complexity index is 517. The number of aromatic nitrogens is 1. The smallest absolute Gasteiger partial charge is 0.246 e. The third-order valence-electron chi connectivity index (χ3n) is 3.64. The molecule has 0 spiro atoms. The number of hydrogen-bond acceptors (Lipinski definition) is 4. The highest BCUT2D eigenvalue weighted by Gasteiger charge is 2.22. The molecule has 0 aliphatic carbocycles. The lowest BCUT2D eigenvalue weighted by Gasteiger charge is -2.31. The fraction of sp³-hybridized carbons (Fsp3) is 0.625. The summed E-state index contributed by atoms with van der Waals surface area (Å²) in [6, 6.07) is 0. The van der Waals surface area contributed by atoms with Crippen LogP contribution in [-0.4, -0.2) is 40.6 Å². The first-order valence-corrected chi connectivity index (χ1v) is 8.26. The Balaban J connectivity index is 1.97. The van der Waals surface area contributed by atoms with Crippen LogP contribution in [0.5, 0.6) is 0 Å². The van der Waals surface area contributed by atoms with E-state index in [-0.39, 0.29) is 23.8 Å². The maximum absolute atomic E-state index is 12.2. The minimum Gasteiger partial charge on any atom is -0.396 e. The molecule has 2 heterocycles. The van der Waals surface area contributed by atoms with Gasteiger partial charge in [0.15, 0.2) is 0 Å². The van der Waals surface area contributed by atoms with Crippen molar-refractivity contribution in [3.63, 3.8) is 0 Å². The number of hydrogen-bond donors (Lipinski definition) is 1. The third kappa shape index (κ3) is 4.38. The minimum atomic E-state index is 0.0267. The summed E-state index contributed by atoms with van der Waals surface area (Å²) in [6.07, 6.45) is 7.27. The van der Waals surface area contributed by atoms with Gasteiger partial charge in [-0.3, -0.25) is 4.79 Å². The summed E-state index contributed by atoms with van der Waals surface area (Å²) in [5, 5.41) is 10.3. The van der Waals surface area contributed by atoms with Gasteiger partial charge in [-0.25, -0.2) is 4.98 Å². The molecule has 0 radical (unpaired) electrons. The number of rotatable bonds is 3. The Kier molecular flexibility index (Phi) is 5.17. The highest BCUT2D eigenvalue weighted by molar-refractivity contribution is 7.12. The Morgan fingerprint density at radius 2 is 2.33 bits per heavy atom. The van der Waals surface area contributed by atoms with Crippen LogP contribution in [0.15, 0.2) is 12.3 Å². The number of piperidine rings is 1. The van der Waals surface area contributed by atoms with Crippen molar-refractivity contribution in [3.05, 3.63) is 22.2 Å². The van der Waals surface area contributed by atoms with Crippen molar-refractivity contribution in [1.82, 2.24) is 9.88 Å². The van der Waals surface area contributed by atoms with Crippen LogP contribution in [0.3, 0.4) is 0 Å². The lowest BCUT2D eigenvalue weighted by Crippen LogP contribution is -2.40. The van der Waals surface area contributed by atoms with Gasteiger partial charge in [0, 0.05) is 42.3 Å². The number of carbonyl (C=O) groups excluding carboxylic acids is 1. The topological polar surface area (TPSA) is 53.4 Å². The second-order valence-corrected chi connectivity index (χ2v) is 7.69. The van der Waals surface area contributed by atoms with E-state index in [1.807, 2.05) is 17.2 Å². The van der Waals surface area contributed by atoms with Gasteiger partial charge in [-0.2, -0.15) is 0 Å². The van der Waals surface area contributed by atoms with Crippen LogP contribution in [0.1, 0.15) is 43.5 Å². The van der Waals surface area contributed by atoms with E-state index >= 15 is 0 Å². The van der Waals surface area contributed by atoms with E-state index in [0.29, 0.717) is 6.54 Å². The molecule has 1 amide bonds. The zero-order valence-electron chi connectivity index (χ0n) is 13.0. The highest BCUT2D eigenvalue weighted by Crippen LogP contribution is 2.27. The molecule has 1 aliphatic heterocycles. The number of likely N-dealkylation sites (tertiary alicyclic amines) is 1. The van der Waals surface area contributed by atoms with Gasteiger partial charge in [0.25, 0.3) is 0 Å². The highest BCUT2D eigenvalue weighted by atomic mass is 32.1. The van der Waals surface area contributed by atoms with E-state index in [9.17, 15) is 9.90 Å². The summed E-state index contributed by atoms with van der Waals surface area (Å²) >= 11 is 1.62. The summed E-state index contributed by atoms with van der Waals surface area (Å²) in [5.74, 6) is 0.255. The summed E-state index contributed by atoms with van der Waals surface area (Å²) in [6.45, 7) is 8.01. The quantitative estimate of drug-likeness (QED) is 0.874. The average Bonchev–Trinajstić information content (AvgIpc) is 2.94. The molecule has 5 heteroatoms. The molecule has 1 aromatic rings. The molecular weight excluding hydrogens is 284 g/mol. The Morgan fingerprint density at radius 3 is 2.95 bits per heavy atom. The van der Waals surface area contributed by atoms with Crippen molar-refractivity contribution in [3.8, 4) is 0 Å². The van der Waals surface area contributed by atoms with Gasteiger partial charge in [0.05, 0.1) is 5.01 Å². The monoisotopic (exact) mass is 308 g/mol. The molecule has 0 bridgehead atoms. The molecule has 1 fully saturated rings. The van der Waals surface area contributed by atoms with Crippen LogP contribution in [0, 0.1) is 5.92 Å². The number of aliphatic hydroxyl groups is 1. The average molecular weight is 308 g/mol. The van der Waals surface area contributed by atoms with Crippen LogP contribution < -0.4 is 0 Å². The second kappa shape index (κ2) is 6.71. The lowest BCUT2D eigenvalue weighted by atomic mass is 9.98. The fourth-order valence-electron chi connectivity index (χ4n) is 2.38. The van der Waals surface area contributed by atoms with Gasteiger partial charge >= 0.3 is 0 Å². The fourth-order valence-corrected chi connectivity index (χ4v) is 3.26.